The summed E-state index contributed by atoms with van der Waals surface area (Å²) < 4.78 is 9.74. The molecule has 0 aliphatic carbocycles. The van der Waals surface area contributed by atoms with Crippen molar-refractivity contribution in [1.82, 2.24) is 20.4 Å². The molecule has 3 rings (SSSR count). The second kappa shape index (κ2) is 10.5. The molecule has 24 heavy (non-hydrogen) atoms. The van der Waals surface area contributed by atoms with Gasteiger partial charge in [-0.2, -0.15) is 4.98 Å². The number of aromatic nitrogens is 3. The van der Waals surface area contributed by atoms with Gasteiger partial charge in [-0.3, -0.25) is 9.78 Å². The molecule has 2 aromatic heterocycles. The number of hydrogen-bond acceptors (Lipinski definition) is 7. The van der Waals surface area contributed by atoms with E-state index in [9.17, 15) is 4.79 Å². The van der Waals surface area contributed by atoms with Crippen LogP contribution in [0.15, 0.2) is 29.0 Å². The van der Waals surface area contributed by atoms with Crippen molar-refractivity contribution in [2.24, 2.45) is 0 Å². The Kier molecular flexibility index (Phi) is 7.89. The SMILES string of the molecule is CCCCOC=O.c1cc(-c2noc(C3CCNCC3)n2)ccn1. The minimum atomic E-state index is 0.402. The number of nitrogens with one attached hydrogen (secondary N) is 1. The van der Waals surface area contributed by atoms with Crippen molar-refractivity contribution in [2.45, 2.75) is 38.5 Å². The molecule has 7 heteroatoms. The van der Waals surface area contributed by atoms with Gasteiger partial charge in [0.15, 0.2) is 0 Å². The number of piperidine rings is 1. The molecule has 0 bridgehead atoms. The highest BCUT2D eigenvalue weighted by molar-refractivity contribution is 5.52. The van der Waals surface area contributed by atoms with Crippen molar-refractivity contribution in [1.29, 1.82) is 0 Å². The molecule has 1 fully saturated rings. The van der Waals surface area contributed by atoms with Crippen LogP contribution in [0.2, 0.25) is 0 Å². The Hall–Kier alpha value is -2.28. The van der Waals surface area contributed by atoms with Gasteiger partial charge in [-0.25, -0.2) is 0 Å². The summed E-state index contributed by atoms with van der Waals surface area (Å²) >= 11 is 0. The van der Waals surface area contributed by atoms with E-state index in [0.29, 0.717) is 24.8 Å². The molecule has 0 atom stereocenters. The fourth-order valence-electron chi connectivity index (χ4n) is 2.36. The van der Waals surface area contributed by atoms with Crippen molar-refractivity contribution >= 4 is 6.47 Å². The molecule has 0 amide bonds. The van der Waals surface area contributed by atoms with E-state index < -0.39 is 0 Å². The van der Waals surface area contributed by atoms with Gasteiger partial charge < -0.3 is 14.6 Å². The summed E-state index contributed by atoms with van der Waals surface area (Å²) in [5.74, 6) is 1.82. The molecule has 0 spiro atoms. The number of carbonyl (C=O) groups excluding carboxylic acids is 1. The van der Waals surface area contributed by atoms with Gasteiger partial charge in [-0.1, -0.05) is 18.5 Å². The second-order valence-corrected chi connectivity index (χ2v) is 5.54. The van der Waals surface area contributed by atoms with E-state index in [-0.39, 0.29) is 0 Å². The summed E-state index contributed by atoms with van der Waals surface area (Å²) in [4.78, 5) is 17.9. The van der Waals surface area contributed by atoms with Crippen LogP contribution in [0.1, 0.15) is 44.4 Å². The Morgan fingerprint density at radius 1 is 1.33 bits per heavy atom. The highest BCUT2D eigenvalue weighted by atomic mass is 16.5. The van der Waals surface area contributed by atoms with Gasteiger partial charge in [0.25, 0.3) is 6.47 Å². The van der Waals surface area contributed by atoms with Gasteiger partial charge in [0.2, 0.25) is 11.7 Å². The first-order valence-corrected chi connectivity index (χ1v) is 8.35. The second-order valence-electron chi connectivity index (χ2n) is 5.54. The number of nitrogens with zero attached hydrogens (tertiary/aromatic N) is 3. The van der Waals surface area contributed by atoms with E-state index in [4.69, 9.17) is 4.52 Å². The molecule has 130 valence electrons. The maximum Gasteiger partial charge on any atom is 0.293 e. The van der Waals surface area contributed by atoms with E-state index in [1.165, 1.54) is 0 Å². The zero-order chi connectivity index (χ0) is 17.0. The number of ether oxygens (including phenoxy) is 1. The quantitative estimate of drug-likeness (QED) is 0.642. The zero-order valence-electron chi connectivity index (χ0n) is 14.0. The van der Waals surface area contributed by atoms with Crippen molar-refractivity contribution in [3.63, 3.8) is 0 Å². The van der Waals surface area contributed by atoms with Gasteiger partial charge in [0, 0.05) is 23.9 Å². The Bertz CT molecular complexity index is 583. The van der Waals surface area contributed by atoms with Gasteiger partial charge in [0.05, 0.1) is 6.61 Å². The molecule has 0 radical (unpaired) electrons. The topological polar surface area (TPSA) is 90.1 Å². The average Bonchev–Trinajstić information content (AvgIpc) is 3.14. The first kappa shape index (κ1) is 18.1. The van der Waals surface area contributed by atoms with Crippen LogP contribution in [-0.2, 0) is 9.53 Å². The summed E-state index contributed by atoms with van der Waals surface area (Å²) in [7, 11) is 0. The Morgan fingerprint density at radius 3 is 2.75 bits per heavy atom. The van der Waals surface area contributed by atoms with Crippen LogP contribution in [0.5, 0.6) is 0 Å². The van der Waals surface area contributed by atoms with Crippen LogP contribution < -0.4 is 5.32 Å². The fraction of sp³-hybridized carbons (Fsp3) is 0.529. The molecule has 0 aromatic carbocycles. The molecule has 1 N–H and O–H groups in total. The molecular formula is C17H24N4O3. The number of carbonyl (C=O) groups is 1. The number of unbranched alkanes of at least 4 members (excludes halogenated alkanes) is 1. The monoisotopic (exact) mass is 332 g/mol. The molecule has 7 nitrogen and oxygen atoms in total. The maximum atomic E-state index is 9.46. The first-order chi connectivity index (χ1) is 11.8. The molecule has 0 saturated carbocycles. The minimum Gasteiger partial charge on any atom is -0.468 e. The minimum absolute atomic E-state index is 0.402. The Balaban J connectivity index is 0.000000256. The largest absolute Gasteiger partial charge is 0.468 e. The highest BCUT2D eigenvalue weighted by Gasteiger charge is 2.21. The fourth-order valence-corrected chi connectivity index (χ4v) is 2.36. The molecule has 0 unspecified atom stereocenters. The van der Waals surface area contributed by atoms with Crippen LogP contribution in [0.25, 0.3) is 11.4 Å². The smallest absolute Gasteiger partial charge is 0.293 e. The molecule has 1 saturated heterocycles. The summed E-state index contributed by atoms with van der Waals surface area (Å²) in [6, 6.07) is 3.77. The molecule has 1 aliphatic heterocycles. The average molecular weight is 332 g/mol. The van der Waals surface area contributed by atoms with E-state index in [1.807, 2.05) is 19.1 Å². The van der Waals surface area contributed by atoms with E-state index in [1.54, 1.807) is 12.4 Å². The lowest BCUT2D eigenvalue weighted by molar-refractivity contribution is -0.128. The van der Waals surface area contributed by atoms with Crippen molar-refractivity contribution in [3.8, 4) is 11.4 Å². The number of hydrogen-bond donors (Lipinski definition) is 1. The number of pyridine rings is 1. The number of rotatable bonds is 6. The molecule has 3 heterocycles. The van der Waals surface area contributed by atoms with E-state index >= 15 is 0 Å². The van der Waals surface area contributed by atoms with Gasteiger partial charge in [-0.05, 0) is 44.5 Å². The lowest BCUT2D eigenvalue weighted by Gasteiger charge is -2.18. The first-order valence-electron chi connectivity index (χ1n) is 8.35. The predicted octanol–water partition coefficient (Wildman–Crippen LogP) is 2.56. The van der Waals surface area contributed by atoms with Gasteiger partial charge in [-0.15, -0.1) is 0 Å². The van der Waals surface area contributed by atoms with Crippen molar-refractivity contribution in [2.75, 3.05) is 19.7 Å². The molecule has 2 aromatic rings. The lowest BCUT2D eigenvalue weighted by atomic mass is 9.98. The maximum absolute atomic E-state index is 9.46. The third kappa shape index (κ3) is 5.73. The van der Waals surface area contributed by atoms with Gasteiger partial charge >= 0.3 is 0 Å². The summed E-state index contributed by atoms with van der Waals surface area (Å²) in [6.07, 6.45) is 7.65. The van der Waals surface area contributed by atoms with Crippen molar-refractivity contribution < 1.29 is 14.1 Å². The summed E-state index contributed by atoms with van der Waals surface area (Å²) in [6.45, 7) is 5.15. The van der Waals surface area contributed by atoms with E-state index in [0.717, 1.165) is 50.2 Å². The highest BCUT2D eigenvalue weighted by Crippen LogP contribution is 2.25. The van der Waals surface area contributed by atoms with Crippen LogP contribution >= 0.6 is 0 Å². The zero-order valence-corrected chi connectivity index (χ0v) is 14.0. The molecule has 1 aliphatic rings. The van der Waals surface area contributed by atoms with Crippen molar-refractivity contribution in [3.05, 3.63) is 30.4 Å². The van der Waals surface area contributed by atoms with Crippen LogP contribution in [0.3, 0.4) is 0 Å². The van der Waals surface area contributed by atoms with E-state index in [2.05, 4.69) is 25.2 Å². The molecular weight excluding hydrogens is 308 g/mol. The van der Waals surface area contributed by atoms with Gasteiger partial charge in [0.1, 0.15) is 0 Å². The predicted molar refractivity (Wildman–Crippen MR) is 89.3 cm³/mol. The summed E-state index contributed by atoms with van der Waals surface area (Å²) in [5.41, 5.74) is 0.948. The van der Waals surface area contributed by atoms with Crippen LogP contribution in [0.4, 0.5) is 0 Å². The standard InChI is InChI=1S/C12H14N4O.C5H10O2/c1-5-13-6-2-9(1)11-15-12(17-16-11)10-3-7-14-8-4-10;1-2-3-4-7-5-6/h1-2,5-6,10,14H,3-4,7-8H2;5H,2-4H2,1H3. The Morgan fingerprint density at radius 2 is 2.08 bits per heavy atom. The summed E-state index contributed by atoms with van der Waals surface area (Å²) in [5, 5.41) is 7.35. The van der Waals surface area contributed by atoms with Crippen LogP contribution in [0, 0.1) is 0 Å². The normalized spacial score (nSPS) is 14.5. The third-order valence-corrected chi connectivity index (χ3v) is 3.75. The lowest BCUT2D eigenvalue weighted by Crippen LogP contribution is -2.26. The van der Waals surface area contributed by atoms with Crippen LogP contribution in [-0.4, -0.2) is 41.3 Å². The Labute approximate surface area is 141 Å². The third-order valence-electron chi connectivity index (χ3n) is 3.75.